The van der Waals surface area contributed by atoms with E-state index >= 15 is 0 Å². The molecule has 72 valence electrons. The summed E-state index contributed by atoms with van der Waals surface area (Å²) in [5.41, 5.74) is 1.23. The molecule has 0 fully saturated rings. The Morgan fingerprint density at radius 1 is 1.57 bits per heavy atom. The van der Waals surface area contributed by atoms with Gasteiger partial charge >= 0.3 is 0 Å². The fourth-order valence-corrected chi connectivity index (χ4v) is 1.93. The Labute approximate surface area is 86.0 Å². The fraction of sp³-hybridized carbons (Fsp3) is 0.200. The third-order valence-electron chi connectivity index (χ3n) is 1.94. The van der Waals surface area contributed by atoms with Gasteiger partial charge in [-0.15, -0.1) is 11.3 Å². The number of rotatable bonds is 2. The standard InChI is InChI=1S/C10H10N2OS/c1-7-5-8(6-14-7)10(13)9-3-4-12(2)11-9/h3-6H,1-2H3. The van der Waals surface area contributed by atoms with E-state index in [1.165, 1.54) is 0 Å². The molecule has 0 spiro atoms. The molecule has 0 saturated heterocycles. The van der Waals surface area contributed by atoms with Gasteiger partial charge in [-0.1, -0.05) is 0 Å². The molecular formula is C10H10N2OS. The van der Waals surface area contributed by atoms with Crippen molar-refractivity contribution >= 4 is 17.1 Å². The molecule has 2 aromatic rings. The van der Waals surface area contributed by atoms with Gasteiger partial charge in [0, 0.05) is 29.1 Å². The fourth-order valence-electron chi connectivity index (χ4n) is 1.25. The molecule has 0 aliphatic carbocycles. The van der Waals surface area contributed by atoms with Crippen LogP contribution in [0.25, 0.3) is 0 Å². The SMILES string of the molecule is Cc1cc(C(=O)c2ccn(C)n2)cs1. The largest absolute Gasteiger partial charge is 0.287 e. The highest BCUT2D eigenvalue weighted by molar-refractivity contribution is 7.10. The summed E-state index contributed by atoms with van der Waals surface area (Å²) in [4.78, 5) is 12.9. The zero-order chi connectivity index (χ0) is 10.1. The smallest absolute Gasteiger partial charge is 0.214 e. The lowest BCUT2D eigenvalue weighted by Crippen LogP contribution is -2.01. The molecule has 0 unspecified atom stereocenters. The van der Waals surface area contributed by atoms with Crippen molar-refractivity contribution in [2.75, 3.05) is 0 Å². The maximum Gasteiger partial charge on any atom is 0.214 e. The van der Waals surface area contributed by atoms with Crippen LogP contribution in [0.1, 0.15) is 20.9 Å². The van der Waals surface area contributed by atoms with Gasteiger partial charge in [0.15, 0.2) is 0 Å². The van der Waals surface area contributed by atoms with Gasteiger partial charge in [-0.25, -0.2) is 0 Å². The summed E-state index contributed by atoms with van der Waals surface area (Å²) in [5, 5.41) is 5.94. The molecule has 0 radical (unpaired) electrons. The van der Waals surface area contributed by atoms with Crippen LogP contribution in [-0.2, 0) is 7.05 Å². The number of thiophene rings is 1. The first kappa shape index (κ1) is 9.15. The predicted octanol–water partition coefficient (Wildman–Crippen LogP) is 2.02. The van der Waals surface area contributed by atoms with E-state index in [0.717, 1.165) is 10.4 Å². The van der Waals surface area contributed by atoms with Crippen LogP contribution in [0, 0.1) is 6.92 Å². The van der Waals surface area contributed by atoms with E-state index in [4.69, 9.17) is 0 Å². The minimum atomic E-state index is -0.00468. The van der Waals surface area contributed by atoms with Crippen molar-refractivity contribution in [2.45, 2.75) is 6.92 Å². The molecule has 0 amide bonds. The summed E-state index contributed by atoms with van der Waals surface area (Å²) >= 11 is 1.58. The molecule has 0 bridgehead atoms. The van der Waals surface area contributed by atoms with Crippen molar-refractivity contribution < 1.29 is 4.79 Å². The van der Waals surface area contributed by atoms with Crippen molar-refractivity contribution in [1.29, 1.82) is 0 Å². The molecule has 0 aromatic carbocycles. The van der Waals surface area contributed by atoms with Gasteiger partial charge in [-0.3, -0.25) is 9.48 Å². The van der Waals surface area contributed by atoms with Crippen LogP contribution >= 0.6 is 11.3 Å². The summed E-state index contributed by atoms with van der Waals surface area (Å²) in [6.07, 6.45) is 1.77. The predicted molar refractivity (Wildman–Crippen MR) is 55.7 cm³/mol. The molecule has 2 heterocycles. The average molecular weight is 206 g/mol. The number of hydrogen-bond acceptors (Lipinski definition) is 3. The minimum Gasteiger partial charge on any atom is -0.287 e. The van der Waals surface area contributed by atoms with E-state index in [1.54, 1.807) is 35.3 Å². The Kier molecular flexibility index (Phi) is 2.21. The zero-order valence-electron chi connectivity index (χ0n) is 8.02. The Balaban J connectivity index is 2.33. The van der Waals surface area contributed by atoms with E-state index in [1.807, 2.05) is 18.4 Å². The van der Waals surface area contributed by atoms with Gasteiger partial charge in [0.1, 0.15) is 5.69 Å². The molecule has 14 heavy (non-hydrogen) atoms. The van der Waals surface area contributed by atoms with Crippen molar-refractivity contribution in [3.63, 3.8) is 0 Å². The average Bonchev–Trinajstić information content (AvgIpc) is 2.73. The van der Waals surface area contributed by atoms with Crippen LogP contribution in [0.3, 0.4) is 0 Å². The van der Waals surface area contributed by atoms with Crippen LogP contribution in [-0.4, -0.2) is 15.6 Å². The summed E-state index contributed by atoms with van der Waals surface area (Å²) in [6.45, 7) is 1.99. The van der Waals surface area contributed by atoms with Crippen LogP contribution < -0.4 is 0 Å². The molecule has 0 aliphatic heterocycles. The molecule has 4 heteroatoms. The Hall–Kier alpha value is -1.42. The molecule has 0 saturated carbocycles. The van der Waals surface area contributed by atoms with E-state index in [0.29, 0.717) is 5.69 Å². The summed E-state index contributed by atoms with van der Waals surface area (Å²) in [6, 6.07) is 3.62. The van der Waals surface area contributed by atoms with E-state index in [9.17, 15) is 4.79 Å². The maximum absolute atomic E-state index is 11.8. The highest BCUT2D eigenvalue weighted by Crippen LogP contribution is 2.16. The Morgan fingerprint density at radius 3 is 2.86 bits per heavy atom. The maximum atomic E-state index is 11.8. The molecule has 0 aliphatic rings. The zero-order valence-corrected chi connectivity index (χ0v) is 8.84. The van der Waals surface area contributed by atoms with Crippen molar-refractivity contribution in [3.05, 3.63) is 39.8 Å². The van der Waals surface area contributed by atoms with E-state index in [-0.39, 0.29) is 5.78 Å². The second-order valence-corrected chi connectivity index (χ2v) is 4.27. The van der Waals surface area contributed by atoms with Crippen LogP contribution in [0.4, 0.5) is 0 Å². The first-order valence-corrected chi connectivity index (χ1v) is 5.14. The summed E-state index contributed by atoms with van der Waals surface area (Å²) in [7, 11) is 1.80. The Morgan fingerprint density at radius 2 is 2.36 bits per heavy atom. The molecular weight excluding hydrogens is 196 g/mol. The lowest BCUT2D eigenvalue weighted by atomic mass is 10.1. The van der Waals surface area contributed by atoms with Crippen LogP contribution in [0.15, 0.2) is 23.7 Å². The molecule has 2 rings (SSSR count). The molecule has 0 atom stereocenters. The first-order valence-electron chi connectivity index (χ1n) is 4.26. The lowest BCUT2D eigenvalue weighted by molar-refractivity contribution is 0.103. The van der Waals surface area contributed by atoms with E-state index in [2.05, 4.69) is 5.10 Å². The number of nitrogens with zero attached hydrogens (tertiary/aromatic N) is 2. The third-order valence-corrected chi connectivity index (χ3v) is 2.80. The van der Waals surface area contributed by atoms with E-state index < -0.39 is 0 Å². The van der Waals surface area contributed by atoms with Gasteiger partial charge in [0.05, 0.1) is 0 Å². The van der Waals surface area contributed by atoms with Crippen molar-refractivity contribution in [3.8, 4) is 0 Å². The topological polar surface area (TPSA) is 34.9 Å². The monoisotopic (exact) mass is 206 g/mol. The summed E-state index contributed by atoms with van der Waals surface area (Å²) in [5.74, 6) is -0.00468. The van der Waals surface area contributed by atoms with Gasteiger partial charge in [-0.2, -0.15) is 5.10 Å². The lowest BCUT2D eigenvalue weighted by Gasteiger charge is -1.91. The van der Waals surface area contributed by atoms with Crippen molar-refractivity contribution in [1.82, 2.24) is 9.78 Å². The van der Waals surface area contributed by atoms with Gasteiger partial charge < -0.3 is 0 Å². The first-order chi connectivity index (χ1) is 6.66. The number of carbonyl (C=O) groups excluding carboxylic acids is 1. The highest BCUT2D eigenvalue weighted by Gasteiger charge is 2.12. The summed E-state index contributed by atoms with van der Waals surface area (Å²) < 4.78 is 1.63. The molecule has 2 aromatic heterocycles. The number of aryl methyl sites for hydroxylation is 2. The quantitative estimate of drug-likeness (QED) is 0.705. The van der Waals surface area contributed by atoms with Crippen molar-refractivity contribution in [2.24, 2.45) is 7.05 Å². The molecule has 3 nitrogen and oxygen atoms in total. The van der Waals surface area contributed by atoms with Gasteiger partial charge in [0.25, 0.3) is 0 Å². The normalized spacial score (nSPS) is 10.4. The Bertz CT molecular complexity index is 428. The number of hydrogen-bond donors (Lipinski definition) is 0. The number of carbonyl (C=O) groups is 1. The van der Waals surface area contributed by atoms with Gasteiger partial charge in [0.2, 0.25) is 5.78 Å². The second kappa shape index (κ2) is 3.38. The second-order valence-electron chi connectivity index (χ2n) is 3.15. The highest BCUT2D eigenvalue weighted by atomic mass is 32.1. The van der Waals surface area contributed by atoms with Crippen LogP contribution in [0.2, 0.25) is 0 Å². The third kappa shape index (κ3) is 1.61. The molecule has 0 N–H and O–H groups in total. The number of aromatic nitrogens is 2. The number of ketones is 1. The van der Waals surface area contributed by atoms with Gasteiger partial charge in [-0.05, 0) is 19.1 Å². The minimum absolute atomic E-state index is 0.00468. The van der Waals surface area contributed by atoms with Crippen LogP contribution in [0.5, 0.6) is 0 Å².